The van der Waals surface area contributed by atoms with Gasteiger partial charge in [-0.3, -0.25) is 4.79 Å². The number of amides is 1. The summed E-state index contributed by atoms with van der Waals surface area (Å²) in [6, 6.07) is 6.04. The van der Waals surface area contributed by atoms with Gasteiger partial charge >= 0.3 is 0 Å². The number of thioether (sulfide) groups is 1. The number of nitrogens with two attached hydrogens (primary N) is 1. The molecule has 1 rings (SSSR count). The maximum Gasteiger partial charge on any atom is 0.235 e. The van der Waals surface area contributed by atoms with E-state index in [2.05, 4.69) is 37.4 Å². The van der Waals surface area contributed by atoms with Crippen molar-refractivity contribution in [1.29, 1.82) is 0 Å². The lowest BCUT2D eigenvalue weighted by molar-refractivity contribution is -0.119. The Morgan fingerprint density at radius 3 is 2.75 bits per heavy atom. The smallest absolute Gasteiger partial charge is 0.235 e. The van der Waals surface area contributed by atoms with E-state index >= 15 is 0 Å². The maximum absolute atomic E-state index is 11.1. The number of hydrogen-bond acceptors (Lipinski definition) is 3. The number of benzene rings is 1. The summed E-state index contributed by atoms with van der Waals surface area (Å²) < 4.78 is 0. The molecule has 1 aromatic carbocycles. The van der Waals surface area contributed by atoms with Gasteiger partial charge in [0.05, 0.1) is 6.04 Å². The highest BCUT2D eigenvalue weighted by atomic mass is 32.2. The summed E-state index contributed by atoms with van der Waals surface area (Å²) in [6.07, 6.45) is 0. The summed E-state index contributed by atoms with van der Waals surface area (Å²) >= 11 is 1.66. The van der Waals surface area contributed by atoms with Gasteiger partial charge < -0.3 is 11.1 Å². The van der Waals surface area contributed by atoms with Gasteiger partial charge in [-0.1, -0.05) is 17.7 Å². The molecule has 0 saturated carbocycles. The fourth-order valence-electron chi connectivity index (χ4n) is 1.34. The average molecular weight is 238 g/mol. The molecule has 0 saturated heterocycles. The van der Waals surface area contributed by atoms with Crippen LogP contribution in [0.4, 0.5) is 0 Å². The lowest BCUT2D eigenvalue weighted by Crippen LogP contribution is -2.41. The third-order valence-corrected chi connectivity index (χ3v) is 3.69. The second kappa shape index (κ2) is 5.92. The number of hydrogen-bond donors (Lipinski definition) is 2. The second-order valence-corrected chi connectivity index (χ2v) is 4.89. The molecule has 4 heteroatoms. The molecule has 0 aliphatic carbocycles. The summed E-state index contributed by atoms with van der Waals surface area (Å²) in [7, 11) is 1.75. The summed E-state index contributed by atoms with van der Waals surface area (Å²) in [4.78, 5) is 12.3. The first-order chi connectivity index (χ1) is 7.54. The first-order valence-corrected chi connectivity index (χ1v) is 6.19. The lowest BCUT2D eigenvalue weighted by Gasteiger charge is -2.13. The Balaban J connectivity index is 2.66. The van der Waals surface area contributed by atoms with Crippen molar-refractivity contribution in [3.8, 4) is 0 Å². The van der Waals surface area contributed by atoms with Gasteiger partial charge in [-0.15, -0.1) is 11.8 Å². The summed E-state index contributed by atoms with van der Waals surface area (Å²) in [5.41, 5.74) is 7.73. The third-order valence-electron chi connectivity index (χ3n) is 2.44. The topological polar surface area (TPSA) is 55.1 Å². The van der Waals surface area contributed by atoms with E-state index in [1.807, 2.05) is 0 Å². The number of carbonyl (C=O) groups excluding carboxylic acids is 1. The molecule has 1 atom stereocenters. The molecule has 1 amide bonds. The molecular weight excluding hydrogens is 220 g/mol. The molecule has 0 aliphatic heterocycles. The van der Waals surface area contributed by atoms with E-state index in [-0.39, 0.29) is 11.9 Å². The molecule has 1 aromatic rings. The first-order valence-electron chi connectivity index (χ1n) is 5.21. The number of aryl methyl sites for hydroxylation is 2. The van der Waals surface area contributed by atoms with Crippen LogP contribution in [0.25, 0.3) is 0 Å². The number of primary amides is 1. The first kappa shape index (κ1) is 13.1. The minimum atomic E-state index is -0.305. The fourth-order valence-corrected chi connectivity index (χ4v) is 2.59. The van der Waals surface area contributed by atoms with E-state index in [4.69, 9.17) is 5.73 Å². The van der Waals surface area contributed by atoms with E-state index in [1.165, 1.54) is 16.0 Å². The Bertz CT molecular complexity index is 379. The van der Waals surface area contributed by atoms with Crippen LogP contribution < -0.4 is 11.1 Å². The zero-order chi connectivity index (χ0) is 12.1. The molecule has 88 valence electrons. The van der Waals surface area contributed by atoms with Crippen molar-refractivity contribution in [1.82, 2.24) is 5.32 Å². The van der Waals surface area contributed by atoms with Crippen molar-refractivity contribution in [3.63, 3.8) is 0 Å². The Labute approximate surface area is 101 Å². The third kappa shape index (κ3) is 3.54. The number of likely N-dealkylation sites (N-methyl/N-ethyl adjacent to an activating group) is 1. The van der Waals surface area contributed by atoms with E-state index in [0.29, 0.717) is 5.75 Å². The van der Waals surface area contributed by atoms with Crippen LogP contribution in [-0.4, -0.2) is 24.7 Å². The fraction of sp³-hybridized carbons (Fsp3) is 0.417. The maximum atomic E-state index is 11.1. The van der Waals surface area contributed by atoms with Crippen molar-refractivity contribution in [3.05, 3.63) is 29.3 Å². The minimum Gasteiger partial charge on any atom is -0.368 e. The molecule has 3 N–H and O–H groups in total. The van der Waals surface area contributed by atoms with Crippen molar-refractivity contribution < 1.29 is 4.79 Å². The van der Waals surface area contributed by atoms with Gasteiger partial charge in [0.15, 0.2) is 0 Å². The highest BCUT2D eigenvalue weighted by Gasteiger charge is 2.13. The van der Waals surface area contributed by atoms with Gasteiger partial charge in [0.1, 0.15) is 0 Å². The van der Waals surface area contributed by atoms with Gasteiger partial charge in [0.2, 0.25) is 5.91 Å². The molecule has 0 heterocycles. The van der Waals surface area contributed by atoms with Gasteiger partial charge in [-0.05, 0) is 32.5 Å². The van der Waals surface area contributed by atoms with Crippen LogP contribution in [0.5, 0.6) is 0 Å². The summed E-state index contributed by atoms with van der Waals surface area (Å²) in [5.74, 6) is 0.358. The van der Waals surface area contributed by atoms with Crippen LogP contribution in [0.15, 0.2) is 23.1 Å². The van der Waals surface area contributed by atoms with Crippen LogP contribution in [0, 0.1) is 13.8 Å². The summed E-state index contributed by atoms with van der Waals surface area (Å²) in [5, 5.41) is 2.91. The Morgan fingerprint density at radius 1 is 1.50 bits per heavy atom. The van der Waals surface area contributed by atoms with Gasteiger partial charge in [-0.2, -0.15) is 0 Å². The SMILES string of the molecule is CNC(CSc1cc(C)ccc1C)C(N)=O. The minimum absolute atomic E-state index is 0.273. The Kier molecular flexibility index (Phi) is 4.83. The highest BCUT2D eigenvalue weighted by molar-refractivity contribution is 7.99. The van der Waals surface area contributed by atoms with E-state index in [1.54, 1.807) is 18.8 Å². The van der Waals surface area contributed by atoms with Gasteiger partial charge in [-0.25, -0.2) is 0 Å². The largest absolute Gasteiger partial charge is 0.368 e. The normalized spacial score (nSPS) is 12.4. The molecule has 16 heavy (non-hydrogen) atoms. The van der Waals surface area contributed by atoms with E-state index in [0.717, 1.165) is 0 Å². The lowest BCUT2D eigenvalue weighted by atomic mass is 10.2. The van der Waals surface area contributed by atoms with Crippen LogP contribution in [-0.2, 0) is 4.79 Å². The Morgan fingerprint density at radius 2 is 2.19 bits per heavy atom. The van der Waals surface area contributed by atoms with Gasteiger partial charge in [0, 0.05) is 10.6 Å². The summed E-state index contributed by atoms with van der Waals surface area (Å²) in [6.45, 7) is 4.13. The van der Waals surface area contributed by atoms with E-state index < -0.39 is 0 Å². The van der Waals surface area contributed by atoms with Crippen LogP contribution in [0.1, 0.15) is 11.1 Å². The van der Waals surface area contributed by atoms with Crippen LogP contribution in [0.3, 0.4) is 0 Å². The number of nitrogens with one attached hydrogen (secondary N) is 1. The molecule has 0 aliphatic rings. The van der Waals surface area contributed by atoms with Crippen molar-refractivity contribution in [2.75, 3.05) is 12.8 Å². The molecule has 3 nitrogen and oxygen atoms in total. The van der Waals surface area contributed by atoms with Crippen molar-refractivity contribution in [2.24, 2.45) is 5.73 Å². The molecule has 0 bridgehead atoms. The molecule has 0 fully saturated rings. The molecule has 0 radical (unpaired) electrons. The van der Waals surface area contributed by atoms with Crippen molar-refractivity contribution >= 4 is 17.7 Å². The zero-order valence-electron chi connectivity index (χ0n) is 9.91. The van der Waals surface area contributed by atoms with Crippen molar-refractivity contribution in [2.45, 2.75) is 24.8 Å². The van der Waals surface area contributed by atoms with Crippen LogP contribution >= 0.6 is 11.8 Å². The Hall–Kier alpha value is -1.00. The average Bonchev–Trinajstić information content (AvgIpc) is 2.23. The monoisotopic (exact) mass is 238 g/mol. The van der Waals surface area contributed by atoms with Gasteiger partial charge in [0.25, 0.3) is 0 Å². The quantitative estimate of drug-likeness (QED) is 0.764. The molecular formula is C12H18N2OS. The number of carbonyl (C=O) groups is 1. The highest BCUT2D eigenvalue weighted by Crippen LogP contribution is 2.23. The molecule has 1 unspecified atom stereocenters. The predicted octanol–water partition coefficient (Wildman–Crippen LogP) is 1.47. The molecule has 0 spiro atoms. The second-order valence-electron chi connectivity index (χ2n) is 3.82. The zero-order valence-corrected chi connectivity index (χ0v) is 10.7. The number of rotatable bonds is 5. The predicted molar refractivity (Wildman–Crippen MR) is 68.7 cm³/mol. The standard InChI is InChI=1S/C12H18N2OS/c1-8-4-5-9(2)11(6-8)16-7-10(14-3)12(13)15/h4-6,10,14H,7H2,1-3H3,(H2,13,15). The molecule has 0 aromatic heterocycles. The van der Waals surface area contributed by atoms with Crippen LogP contribution in [0.2, 0.25) is 0 Å². The van der Waals surface area contributed by atoms with E-state index in [9.17, 15) is 4.79 Å².